The number of carbonyl (C=O) groups is 1. The molecule has 25 heavy (non-hydrogen) atoms. The molecule has 0 saturated carbocycles. The Hall–Kier alpha value is -2.19. The van der Waals surface area contributed by atoms with Crippen LogP contribution < -0.4 is 0 Å². The van der Waals surface area contributed by atoms with Gasteiger partial charge < -0.3 is 10.0 Å². The standard InChI is InChI=1S/C17H19N3O4S/c1-19-7-8-20(14-10-25(23,24)9-13(14)19)17(22)12-5-4-11-3-2-6-18-15(11)16(12)21/h2-6,13-14,21H,7-10H2,1H3/t13-,14+/m1/s1. The number of aromatic nitrogens is 1. The van der Waals surface area contributed by atoms with E-state index >= 15 is 0 Å². The van der Waals surface area contributed by atoms with Crippen molar-refractivity contribution < 1.29 is 18.3 Å². The van der Waals surface area contributed by atoms with Crippen LogP contribution in [0.25, 0.3) is 10.9 Å². The van der Waals surface area contributed by atoms with Crippen LogP contribution >= 0.6 is 0 Å². The summed E-state index contributed by atoms with van der Waals surface area (Å²) in [5, 5.41) is 11.3. The van der Waals surface area contributed by atoms with Gasteiger partial charge in [0.25, 0.3) is 5.91 Å². The molecule has 0 bridgehead atoms. The number of carbonyl (C=O) groups excluding carboxylic acids is 1. The molecule has 8 heteroatoms. The number of piperazine rings is 1. The summed E-state index contributed by atoms with van der Waals surface area (Å²) in [6.07, 6.45) is 1.56. The van der Waals surface area contributed by atoms with E-state index in [0.29, 0.717) is 18.6 Å². The Bertz CT molecular complexity index is 960. The van der Waals surface area contributed by atoms with E-state index in [1.165, 1.54) is 0 Å². The fourth-order valence-electron chi connectivity index (χ4n) is 3.84. The molecule has 2 aliphatic heterocycles. The summed E-state index contributed by atoms with van der Waals surface area (Å²) in [6, 6.07) is 6.33. The average Bonchev–Trinajstić information content (AvgIpc) is 2.91. The predicted molar refractivity (Wildman–Crippen MR) is 93.3 cm³/mol. The molecule has 2 saturated heterocycles. The third-order valence-electron chi connectivity index (χ3n) is 5.19. The maximum atomic E-state index is 13.0. The maximum Gasteiger partial charge on any atom is 0.258 e. The number of hydrogen-bond acceptors (Lipinski definition) is 6. The average molecular weight is 361 g/mol. The van der Waals surface area contributed by atoms with E-state index < -0.39 is 9.84 Å². The summed E-state index contributed by atoms with van der Waals surface area (Å²) < 4.78 is 24.1. The molecule has 4 rings (SSSR count). The molecule has 7 nitrogen and oxygen atoms in total. The molecule has 0 radical (unpaired) electrons. The Kier molecular flexibility index (Phi) is 3.69. The summed E-state index contributed by atoms with van der Waals surface area (Å²) in [5.41, 5.74) is 0.539. The molecular formula is C17H19N3O4S. The first-order chi connectivity index (χ1) is 11.9. The minimum atomic E-state index is -3.17. The molecule has 3 heterocycles. The molecule has 0 aliphatic carbocycles. The number of sulfone groups is 1. The number of aromatic hydroxyl groups is 1. The van der Waals surface area contributed by atoms with Crippen molar-refractivity contribution in [3.05, 3.63) is 36.0 Å². The summed E-state index contributed by atoms with van der Waals surface area (Å²) in [5.74, 6) is -0.450. The molecule has 2 aliphatic rings. The quantitative estimate of drug-likeness (QED) is 0.795. The Balaban J connectivity index is 1.72. The third kappa shape index (κ3) is 2.65. The number of amides is 1. The molecule has 1 aromatic carbocycles. The number of benzene rings is 1. The van der Waals surface area contributed by atoms with Crippen LogP contribution in [0.1, 0.15) is 10.4 Å². The first-order valence-electron chi connectivity index (χ1n) is 8.16. The van der Waals surface area contributed by atoms with Crippen molar-refractivity contribution in [2.45, 2.75) is 12.1 Å². The molecule has 2 aromatic rings. The second-order valence-electron chi connectivity index (χ2n) is 6.73. The van der Waals surface area contributed by atoms with Crippen LogP contribution in [-0.2, 0) is 9.84 Å². The van der Waals surface area contributed by atoms with E-state index in [1.807, 2.05) is 18.0 Å². The van der Waals surface area contributed by atoms with Crippen molar-refractivity contribution in [2.75, 3.05) is 31.6 Å². The van der Waals surface area contributed by atoms with E-state index in [0.717, 1.165) is 5.39 Å². The lowest BCUT2D eigenvalue weighted by Gasteiger charge is -2.42. The van der Waals surface area contributed by atoms with Crippen LogP contribution in [0.4, 0.5) is 0 Å². The Labute approximate surface area is 145 Å². The van der Waals surface area contributed by atoms with Crippen molar-refractivity contribution in [3.63, 3.8) is 0 Å². The molecule has 2 atom stereocenters. The van der Waals surface area contributed by atoms with E-state index in [-0.39, 0.29) is 40.8 Å². The lowest BCUT2D eigenvalue weighted by atomic mass is 10.0. The highest BCUT2D eigenvalue weighted by Crippen LogP contribution is 2.31. The number of rotatable bonds is 1. The van der Waals surface area contributed by atoms with Crippen molar-refractivity contribution in [2.24, 2.45) is 0 Å². The van der Waals surface area contributed by atoms with E-state index in [2.05, 4.69) is 4.98 Å². The predicted octanol–water partition coefficient (Wildman–Crippen LogP) is 0.494. The van der Waals surface area contributed by atoms with Gasteiger partial charge >= 0.3 is 0 Å². The molecule has 1 aromatic heterocycles. The van der Waals surface area contributed by atoms with Gasteiger partial charge in [-0.05, 0) is 19.2 Å². The van der Waals surface area contributed by atoms with Gasteiger partial charge in [-0.3, -0.25) is 14.7 Å². The lowest BCUT2D eigenvalue weighted by Crippen LogP contribution is -2.59. The summed E-state index contributed by atoms with van der Waals surface area (Å²) in [7, 11) is -1.28. The molecule has 0 spiro atoms. The Morgan fingerprint density at radius 1 is 1.20 bits per heavy atom. The first-order valence-corrected chi connectivity index (χ1v) is 9.98. The van der Waals surface area contributed by atoms with Gasteiger partial charge in [0.2, 0.25) is 0 Å². The zero-order chi connectivity index (χ0) is 17.8. The van der Waals surface area contributed by atoms with Crippen LogP contribution in [0.3, 0.4) is 0 Å². The smallest absolute Gasteiger partial charge is 0.258 e. The van der Waals surface area contributed by atoms with Gasteiger partial charge in [0.15, 0.2) is 15.6 Å². The number of likely N-dealkylation sites (N-methyl/N-ethyl adjacent to an activating group) is 1. The van der Waals surface area contributed by atoms with Crippen LogP contribution in [0.15, 0.2) is 30.5 Å². The van der Waals surface area contributed by atoms with Crippen molar-refractivity contribution in [1.29, 1.82) is 0 Å². The summed E-state index contributed by atoms with van der Waals surface area (Å²) in [6.45, 7) is 1.04. The van der Waals surface area contributed by atoms with Crippen molar-refractivity contribution in [3.8, 4) is 5.75 Å². The van der Waals surface area contributed by atoms with Gasteiger partial charge in [-0.1, -0.05) is 12.1 Å². The zero-order valence-corrected chi connectivity index (χ0v) is 14.6. The highest BCUT2D eigenvalue weighted by atomic mass is 32.2. The maximum absolute atomic E-state index is 13.0. The van der Waals surface area contributed by atoms with Gasteiger partial charge in [0.05, 0.1) is 23.1 Å². The molecule has 2 fully saturated rings. The van der Waals surface area contributed by atoms with Gasteiger partial charge in [0.1, 0.15) is 5.52 Å². The van der Waals surface area contributed by atoms with Crippen LogP contribution in [0.2, 0.25) is 0 Å². The summed E-state index contributed by atoms with van der Waals surface area (Å²) in [4.78, 5) is 20.8. The Morgan fingerprint density at radius 2 is 1.96 bits per heavy atom. The topological polar surface area (TPSA) is 90.8 Å². The second-order valence-corrected chi connectivity index (χ2v) is 8.88. The largest absolute Gasteiger partial charge is 0.505 e. The highest BCUT2D eigenvalue weighted by Gasteiger charge is 2.47. The van der Waals surface area contributed by atoms with Gasteiger partial charge in [0, 0.05) is 30.7 Å². The lowest BCUT2D eigenvalue weighted by molar-refractivity contribution is 0.0407. The van der Waals surface area contributed by atoms with Crippen LogP contribution in [0.5, 0.6) is 5.75 Å². The SMILES string of the molecule is CN1CCN(C(=O)c2ccc3cccnc3c2O)[C@H]2CS(=O)(=O)C[C@H]21. The number of phenols is 1. The van der Waals surface area contributed by atoms with E-state index in [1.54, 1.807) is 29.3 Å². The van der Waals surface area contributed by atoms with Gasteiger partial charge in [-0.25, -0.2) is 8.42 Å². The van der Waals surface area contributed by atoms with Gasteiger partial charge in [-0.2, -0.15) is 0 Å². The normalized spacial score (nSPS) is 25.9. The molecule has 1 N–H and O–H groups in total. The number of phenolic OH excluding ortho intramolecular Hbond substituents is 1. The molecule has 1 amide bonds. The van der Waals surface area contributed by atoms with E-state index in [4.69, 9.17) is 0 Å². The zero-order valence-electron chi connectivity index (χ0n) is 13.8. The number of nitrogens with zero attached hydrogens (tertiary/aromatic N) is 3. The number of fused-ring (bicyclic) bond motifs is 2. The van der Waals surface area contributed by atoms with Gasteiger partial charge in [-0.15, -0.1) is 0 Å². The third-order valence-corrected chi connectivity index (χ3v) is 6.89. The minimum Gasteiger partial charge on any atom is -0.505 e. The second kappa shape index (κ2) is 5.67. The fraction of sp³-hybridized carbons (Fsp3) is 0.412. The molecule has 132 valence electrons. The van der Waals surface area contributed by atoms with Crippen molar-refractivity contribution in [1.82, 2.24) is 14.8 Å². The summed E-state index contributed by atoms with van der Waals surface area (Å²) >= 11 is 0. The van der Waals surface area contributed by atoms with Crippen molar-refractivity contribution >= 4 is 26.6 Å². The number of pyridine rings is 1. The Morgan fingerprint density at radius 3 is 2.76 bits per heavy atom. The monoisotopic (exact) mass is 361 g/mol. The number of hydrogen-bond donors (Lipinski definition) is 1. The fourth-order valence-corrected chi connectivity index (χ4v) is 5.89. The molecule has 0 unspecified atom stereocenters. The van der Waals surface area contributed by atoms with Crippen LogP contribution in [0, 0.1) is 0 Å². The van der Waals surface area contributed by atoms with Crippen LogP contribution in [-0.4, -0.2) is 77.9 Å². The first kappa shape index (κ1) is 16.3. The van der Waals surface area contributed by atoms with E-state index in [9.17, 15) is 18.3 Å². The minimum absolute atomic E-state index is 0.0274. The highest BCUT2D eigenvalue weighted by molar-refractivity contribution is 7.91. The molecular weight excluding hydrogens is 342 g/mol.